The van der Waals surface area contributed by atoms with Crippen LogP contribution in [0.25, 0.3) is 0 Å². The number of hydrogen-bond acceptors (Lipinski definition) is 3. The first-order valence-electron chi connectivity index (χ1n) is 6.67. The molecule has 1 saturated heterocycles. The number of nitrogens with zero attached hydrogens (tertiary/aromatic N) is 2. The van der Waals surface area contributed by atoms with Crippen molar-refractivity contribution in [2.24, 2.45) is 0 Å². The van der Waals surface area contributed by atoms with E-state index in [0.29, 0.717) is 0 Å². The number of pyridine rings is 1. The molecule has 100 valence electrons. The van der Waals surface area contributed by atoms with Crippen molar-refractivity contribution in [2.45, 2.75) is 45.7 Å². The van der Waals surface area contributed by atoms with Gasteiger partial charge in [-0.2, -0.15) is 0 Å². The Morgan fingerprint density at radius 2 is 2.28 bits per heavy atom. The Labute approximate surface area is 115 Å². The highest BCUT2D eigenvalue weighted by Gasteiger charge is 2.33. The first-order chi connectivity index (χ1) is 8.54. The lowest BCUT2D eigenvalue weighted by molar-refractivity contribution is 0.514. The van der Waals surface area contributed by atoms with E-state index in [4.69, 9.17) is 11.6 Å². The molecule has 0 radical (unpaired) electrons. The predicted molar refractivity (Wildman–Crippen MR) is 77.3 cm³/mol. The van der Waals surface area contributed by atoms with Gasteiger partial charge in [-0.25, -0.2) is 4.98 Å². The lowest BCUT2D eigenvalue weighted by Gasteiger charge is -2.33. The van der Waals surface area contributed by atoms with E-state index in [9.17, 15) is 0 Å². The molecule has 1 aromatic heterocycles. The molecule has 0 bridgehead atoms. The molecule has 0 atom stereocenters. The number of halogens is 1. The van der Waals surface area contributed by atoms with Gasteiger partial charge in [-0.15, -0.1) is 0 Å². The zero-order valence-corrected chi connectivity index (χ0v) is 12.2. The van der Waals surface area contributed by atoms with Gasteiger partial charge in [-0.05, 0) is 44.9 Å². The lowest BCUT2D eigenvalue weighted by atomic mass is 10.0. The minimum absolute atomic E-state index is 0.166. The highest BCUT2D eigenvalue weighted by atomic mass is 35.5. The van der Waals surface area contributed by atoms with E-state index in [2.05, 4.69) is 36.0 Å². The van der Waals surface area contributed by atoms with Gasteiger partial charge < -0.3 is 10.2 Å². The van der Waals surface area contributed by atoms with Crippen molar-refractivity contribution in [3.05, 3.63) is 22.8 Å². The van der Waals surface area contributed by atoms with Crippen LogP contribution in [0.3, 0.4) is 0 Å². The molecule has 3 nitrogen and oxygen atoms in total. The molecule has 0 amide bonds. The molecular weight excluding hydrogens is 246 g/mol. The van der Waals surface area contributed by atoms with Crippen molar-refractivity contribution in [1.82, 2.24) is 10.3 Å². The Balaban J connectivity index is 2.19. The Hall–Kier alpha value is -0.800. The topological polar surface area (TPSA) is 28.2 Å². The summed E-state index contributed by atoms with van der Waals surface area (Å²) in [6.07, 6.45) is 4.34. The molecule has 18 heavy (non-hydrogen) atoms. The molecule has 0 aromatic carbocycles. The summed E-state index contributed by atoms with van der Waals surface area (Å²) in [4.78, 5) is 6.89. The van der Waals surface area contributed by atoms with Crippen molar-refractivity contribution in [3.63, 3.8) is 0 Å². The standard InChI is InChI=1S/C14H22ClN3/c1-4-16-9-11-8-12(15)13(17-10-11)18-7-5-6-14(18,2)3/h8,10,16H,4-7,9H2,1-3H3. The summed E-state index contributed by atoms with van der Waals surface area (Å²) in [5, 5.41) is 4.05. The van der Waals surface area contributed by atoms with Crippen molar-refractivity contribution < 1.29 is 0 Å². The summed E-state index contributed by atoms with van der Waals surface area (Å²) in [6.45, 7) is 9.43. The quantitative estimate of drug-likeness (QED) is 0.908. The van der Waals surface area contributed by atoms with Gasteiger partial charge in [-0.1, -0.05) is 18.5 Å². The van der Waals surface area contributed by atoms with Crippen LogP contribution in [0.15, 0.2) is 12.3 Å². The number of anilines is 1. The largest absolute Gasteiger partial charge is 0.350 e. The molecule has 2 heterocycles. The summed E-state index contributed by atoms with van der Waals surface area (Å²) < 4.78 is 0. The van der Waals surface area contributed by atoms with Crippen LogP contribution in [0.2, 0.25) is 5.02 Å². The van der Waals surface area contributed by atoms with E-state index >= 15 is 0 Å². The van der Waals surface area contributed by atoms with E-state index in [1.807, 2.05) is 12.3 Å². The van der Waals surface area contributed by atoms with Gasteiger partial charge in [0, 0.05) is 24.8 Å². The number of nitrogens with one attached hydrogen (secondary N) is 1. The van der Waals surface area contributed by atoms with Gasteiger partial charge >= 0.3 is 0 Å². The average molecular weight is 268 g/mol. The van der Waals surface area contributed by atoms with Crippen molar-refractivity contribution in [1.29, 1.82) is 0 Å². The van der Waals surface area contributed by atoms with E-state index in [1.54, 1.807) is 0 Å². The van der Waals surface area contributed by atoms with Crippen LogP contribution in [0.4, 0.5) is 5.82 Å². The fourth-order valence-electron chi connectivity index (χ4n) is 2.53. The Kier molecular flexibility index (Phi) is 4.13. The average Bonchev–Trinajstić information content (AvgIpc) is 2.66. The molecule has 0 unspecified atom stereocenters. The minimum atomic E-state index is 0.166. The molecule has 1 aromatic rings. The van der Waals surface area contributed by atoms with Crippen molar-refractivity contribution >= 4 is 17.4 Å². The van der Waals surface area contributed by atoms with Crippen LogP contribution in [-0.4, -0.2) is 23.6 Å². The first kappa shape index (κ1) is 13.6. The second-order valence-electron chi connectivity index (χ2n) is 5.50. The van der Waals surface area contributed by atoms with Crippen LogP contribution in [0.1, 0.15) is 39.2 Å². The van der Waals surface area contributed by atoms with E-state index in [-0.39, 0.29) is 5.54 Å². The SMILES string of the molecule is CCNCc1cnc(N2CCCC2(C)C)c(Cl)c1. The van der Waals surface area contributed by atoms with Crippen molar-refractivity contribution in [3.8, 4) is 0 Å². The third kappa shape index (κ3) is 2.78. The normalized spacial score (nSPS) is 18.3. The predicted octanol–water partition coefficient (Wildman–Crippen LogP) is 3.22. The van der Waals surface area contributed by atoms with Gasteiger partial charge in [0.15, 0.2) is 0 Å². The zero-order valence-electron chi connectivity index (χ0n) is 11.5. The maximum absolute atomic E-state index is 6.38. The van der Waals surface area contributed by atoms with E-state index in [0.717, 1.165) is 36.0 Å². The third-order valence-electron chi connectivity index (χ3n) is 3.61. The highest BCUT2D eigenvalue weighted by Crippen LogP contribution is 2.36. The monoisotopic (exact) mass is 267 g/mol. The molecule has 1 aliphatic rings. The number of hydrogen-bond donors (Lipinski definition) is 1. The Morgan fingerprint density at radius 3 is 2.83 bits per heavy atom. The maximum atomic E-state index is 6.38. The zero-order chi connectivity index (χ0) is 13.2. The second kappa shape index (κ2) is 5.45. The summed E-state index contributed by atoms with van der Waals surface area (Å²) in [5.41, 5.74) is 1.31. The van der Waals surface area contributed by atoms with Crippen LogP contribution in [0.5, 0.6) is 0 Å². The number of rotatable bonds is 4. The van der Waals surface area contributed by atoms with Gasteiger partial charge in [0.2, 0.25) is 0 Å². The smallest absolute Gasteiger partial charge is 0.147 e. The fourth-order valence-corrected chi connectivity index (χ4v) is 2.83. The molecule has 1 fully saturated rings. The van der Waals surface area contributed by atoms with Gasteiger partial charge in [-0.3, -0.25) is 0 Å². The Morgan fingerprint density at radius 1 is 1.50 bits per heavy atom. The maximum Gasteiger partial charge on any atom is 0.147 e. The summed E-state index contributed by atoms with van der Waals surface area (Å²) in [7, 11) is 0. The Bertz CT molecular complexity index is 418. The molecule has 0 aliphatic carbocycles. The van der Waals surface area contributed by atoms with Crippen LogP contribution in [-0.2, 0) is 6.54 Å². The second-order valence-corrected chi connectivity index (χ2v) is 5.90. The van der Waals surface area contributed by atoms with Crippen LogP contribution < -0.4 is 10.2 Å². The molecule has 4 heteroatoms. The van der Waals surface area contributed by atoms with Crippen LogP contribution in [0, 0.1) is 0 Å². The van der Waals surface area contributed by atoms with Gasteiger partial charge in [0.05, 0.1) is 5.02 Å². The molecule has 1 aliphatic heterocycles. The van der Waals surface area contributed by atoms with Gasteiger partial charge in [0.25, 0.3) is 0 Å². The minimum Gasteiger partial charge on any atom is -0.350 e. The number of aromatic nitrogens is 1. The summed E-state index contributed by atoms with van der Waals surface area (Å²) in [6, 6.07) is 2.03. The molecule has 0 saturated carbocycles. The molecular formula is C14H22ClN3. The lowest BCUT2D eigenvalue weighted by Crippen LogP contribution is -2.38. The van der Waals surface area contributed by atoms with Crippen molar-refractivity contribution in [2.75, 3.05) is 18.0 Å². The van der Waals surface area contributed by atoms with Crippen LogP contribution >= 0.6 is 11.6 Å². The third-order valence-corrected chi connectivity index (χ3v) is 3.89. The van der Waals surface area contributed by atoms with Gasteiger partial charge in [0.1, 0.15) is 5.82 Å². The summed E-state index contributed by atoms with van der Waals surface area (Å²) >= 11 is 6.38. The van der Waals surface area contributed by atoms with E-state index in [1.165, 1.54) is 12.8 Å². The molecule has 1 N–H and O–H groups in total. The molecule has 0 spiro atoms. The molecule has 2 rings (SSSR count). The fraction of sp³-hybridized carbons (Fsp3) is 0.643. The van der Waals surface area contributed by atoms with E-state index < -0.39 is 0 Å². The first-order valence-corrected chi connectivity index (χ1v) is 7.05. The highest BCUT2D eigenvalue weighted by molar-refractivity contribution is 6.33. The summed E-state index contributed by atoms with van der Waals surface area (Å²) in [5.74, 6) is 0.930.